The quantitative estimate of drug-likeness (QED) is 0.880. The predicted molar refractivity (Wildman–Crippen MR) is 106 cm³/mol. The van der Waals surface area contributed by atoms with E-state index >= 15 is 0 Å². The summed E-state index contributed by atoms with van der Waals surface area (Å²) < 4.78 is 11.8. The zero-order chi connectivity index (χ0) is 18.8. The molecule has 2 aliphatic heterocycles. The predicted octanol–water partition coefficient (Wildman–Crippen LogP) is 3.48. The lowest BCUT2D eigenvalue weighted by Crippen LogP contribution is -2.24. The number of carbonyl (C=O) groups excluding carboxylic acids is 1. The molecule has 1 saturated heterocycles. The molecule has 0 radical (unpaired) electrons. The molecule has 0 aliphatic carbocycles. The molecule has 2 aromatic rings. The Morgan fingerprint density at radius 3 is 2.85 bits per heavy atom. The molecule has 0 bridgehead atoms. The van der Waals surface area contributed by atoms with Crippen molar-refractivity contribution in [1.82, 2.24) is 5.32 Å². The Hall–Kier alpha value is -2.69. The number of ether oxygens (including phenoxy) is 2. The van der Waals surface area contributed by atoms with Gasteiger partial charge in [-0.05, 0) is 48.4 Å². The number of amides is 1. The second-order valence-corrected chi connectivity index (χ2v) is 7.36. The molecule has 5 nitrogen and oxygen atoms in total. The van der Waals surface area contributed by atoms with Crippen LogP contribution in [0.2, 0.25) is 0 Å². The van der Waals surface area contributed by atoms with E-state index in [-0.39, 0.29) is 18.1 Å². The van der Waals surface area contributed by atoms with Crippen LogP contribution in [0, 0.1) is 0 Å². The van der Waals surface area contributed by atoms with Gasteiger partial charge in [0, 0.05) is 32.0 Å². The third-order valence-electron chi connectivity index (χ3n) is 5.29. The maximum absolute atomic E-state index is 11.2. The summed E-state index contributed by atoms with van der Waals surface area (Å²) in [5.74, 6) is 1.88. The Kier molecular flexibility index (Phi) is 4.92. The highest BCUT2D eigenvalue weighted by atomic mass is 16.5. The van der Waals surface area contributed by atoms with Gasteiger partial charge in [-0.2, -0.15) is 0 Å². The largest absolute Gasteiger partial charge is 0.493 e. The minimum Gasteiger partial charge on any atom is -0.493 e. The first kappa shape index (κ1) is 17.7. The smallest absolute Gasteiger partial charge is 0.217 e. The van der Waals surface area contributed by atoms with Gasteiger partial charge in [-0.3, -0.25) is 4.79 Å². The molecule has 1 unspecified atom stereocenters. The van der Waals surface area contributed by atoms with Gasteiger partial charge in [0.2, 0.25) is 5.91 Å². The second-order valence-electron chi connectivity index (χ2n) is 7.36. The Bertz CT molecular complexity index is 819. The second kappa shape index (κ2) is 7.51. The van der Waals surface area contributed by atoms with Gasteiger partial charge in [-0.25, -0.2) is 0 Å². The van der Waals surface area contributed by atoms with Crippen LogP contribution in [0.3, 0.4) is 0 Å². The van der Waals surface area contributed by atoms with Crippen LogP contribution in [0.5, 0.6) is 11.5 Å². The fourth-order valence-corrected chi connectivity index (χ4v) is 3.84. The van der Waals surface area contributed by atoms with E-state index in [2.05, 4.69) is 28.4 Å². The van der Waals surface area contributed by atoms with Gasteiger partial charge in [-0.15, -0.1) is 0 Å². The van der Waals surface area contributed by atoms with E-state index in [1.807, 2.05) is 31.2 Å². The molecule has 2 aliphatic rings. The minimum atomic E-state index is -0.0213. The molecule has 2 atom stereocenters. The summed E-state index contributed by atoms with van der Waals surface area (Å²) in [5, 5.41) is 2.90. The first-order chi connectivity index (χ1) is 13.1. The average molecular weight is 366 g/mol. The summed E-state index contributed by atoms with van der Waals surface area (Å²) in [5.41, 5.74) is 3.64. The number of nitrogens with zero attached hydrogens (tertiary/aromatic N) is 1. The summed E-state index contributed by atoms with van der Waals surface area (Å²) in [7, 11) is 0. The zero-order valence-corrected chi connectivity index (χ0v) is 15.9. The van der Waals surface area contributed by atoms with Crippen molar-refractivity contribution in [3.8, 4) is 11.5 Å². The van der Waals surface area contributed by atoms with E-state index in [0.29, 0.717) is 0 Å². The Labute approximate surface area is 160 Å². The first-order valence-corrected chi connectivity index (χ1v) is 9.63. The van der Waals surface area contributed by atoms with E-state index in [4.69, 9.17) is 9.47 Å². The lowest BCUT2D eigenvalue weighted by atomic mass is 10.1. The van der Waals surface area contributed by atoms with Gasteiger partial charge in [0.25, 0.3) is 0 Å². The van der Waals surface area contributed by atoms with Gasteiger partial charge < -0.3 is 19.7 Å². The maximum Gasteiger partial charge on any atom is 0.217 e. The van der Waals surface area contributed by atoms with E-state index in [1.165, 1.54) is 18.2 Å². The third kappa shape index (κ3) is 4.02. The molecular formula is C22H26N2O3. The van der Waals surface area contributed by atoms with E-state index < -0.39 is 0 Å². The van der Waals surface area contributed by atoms with Crippen LogP contribution in [0.25, 0.3) is 0 Å². The van der Waals surface area contributed by atoms with Crippen molar-refractivity contribution >= 4 is 11.6 Å². The summed E-state index contributed by atoms with van der Waals surface area (Å²) in [6, 6.07) is 14.5. The molecule has 2 aromatic carbocycles. The van der Waals surface area contributed by atoms with Crippen LogP contribution in [-0.2, 0) is 11.2 Å². The SMILES string of the molecule is CC(=O)N[C@@H](C)c1ccc(OC2CCN(c3ccc4c(c3)CCO4)C2)cc1. The summed E-state index contributed by atoms with van der Waals surface area (Å²) in [6.07, 6.45) is 2.20. The number of hydrogen-bond donors (Lipinski definition) is 1. The standard InChI is InChI=1S/C22H26N2O3/c1-15(23-16(2)25)17-3-6-20(7-4-17)27-21-9-11-24(14-21)19-5-8-22-18(13-19)10-12-26-22/h3-8,13,15,21H,9-12,14H2,1-2H3,(H,23,25)/t15-,21?/m0/s1. The molecule has 1 N–H and O–H groups in total. The average Bonchev–Trinajstić information content (AvgIpc) is 3.30. The van der Waals surface area contributed by atoms with Gasteiger partial charge >= 0.3 is 0 Å². The number of anilines is 1. The summed E-state index contributed by atoms with van der Waals surface area (Å²) in [6.45, 7) is 6.20. The normalized spacial score (nSPS) is 19.3. The van der Waals surface area contributed by atoms with Gasteiger partial charge in [0.05, 0.1) is 19.2 Å². The molecule has 0 aromatic heterocycles. The molecule has 27 heavy (non-hydrogen) atoms. The molecule has 2 heterocycles. The van der Waals surface area contributed by atoms with Crippen molar-refractivity contribution in [2.45, 2.75) is 38.8 Å². The zero-order valence-electron chi connectivity index (χ0n) is 15.9. The number of rotatable bonds is 5. The molecule has 0 saturated carbocycles. The van der Waals surface area contributed by atoms with Gasteiger partial charge in [0.1, 0.15) is 17.6 Å². The van der Waals surface area contributed by atoms with Crippen LogP contribution < -0.4 is 19.7 Å². The van der Waals surface area contributed by atoms with Gasteiger partial charge in [0.15, 0.2) is 0 Å². The number of benzene rings is 2. The number of carbonyl (C=O) groups is 1. The van der Waals surface area contributed by atoms with Crippen LogP contribution in [0.15, 0.2) is 42.5 Å². The number of nitrogens with one attached hydrogen (secondary N) is 1. The van der Waals surface area contributed by atoms with Crippen molar-refractivity contribution in [3.63, 3.8) is 0 Å². The third-order valence-corrected chi connectivity index (χ3v) is 5.29. The first-order valence-electron chi connectivity index (χ1n) is 9.63. The van der Waals surface area contributed by atoms with Crippen LogP contribution >= 0.6 is 0 Å². The fraction of sp³-hybridized carbons (Fsp3) is 0.409. The van der Waals surface area contributed by atoms with E-state index in [1.54, 1.807) is 0 Å². The van der Waals surface area contributed by atoms with Crippen molar-refractivity contribution in [2.24, 2.45) is 0 Å². The van der Waals surface area contributed by atoms with Gasteiger partial charge in [-0.1, -0.05) is 12.1 Å². The fourth-order valence-electron chi connectivity index (χ4n) is 3.84. The molecule has 5 heteroatoms. The Balaban J connectivity index is 1.35. The Morgan fingerprint density at radius 2 is 2.07 bits per heavy atom. The van der Waals surface area contributed by atoms with E-state index in [0.717, 1.165) is 49.6 Å². The van der Waals surface area contributed by atoms with Crippen LogP contribution in [0.1, 0.15) is 37.4 Å². The van der Waals surface area contributed by atoms with E-state index in [9.17, 15) is 4.79 Å². The maximum atomic E-state index is 11.2. The van der Waals surface area contributed by atoms with Crippen LogP contribution in [0.4, 0.5) is 5.69 Å². The Morgan fingerprint density at radius 1 is 1.26 bits per heavy atom. The minimum absolute atomic E-state index is 0.00214. The van der Waals surface area contributed by atoms with Crippen molar-refractivity contribution in [3.05, 3.63) is 53.6 Å². The monoisotopic (exact) mass is 366 g/mol. The van der Waals surface area contributed by atoms with Crippen molar-refractivity contribution < 1.29 is 14.3 Å². The highest BCUT2D eigenvalue weighted by Gasteiger charge is 2.25. The highest BCUT2D eigenvalue weighted by Crippen LogP contribution is 2.31. The summed E-state index contributed by atoms with van der Waals surface area (Å²) in [4.78, 5) is 13.6. The highest BCUT2D eigenvalue weighted by molar-refractivity contribution is 5.73. The molecule has 1 amide bonds. The lowest BCUT2D eigenvalue weighted by molar-refractivity contribution is -0.119. The summed E-state index contributed by atoms with van der Waals surface area (Å²) >= 11 is 0. The van der Waals surface area contributed by atoms with Crippen LogP contribution in [-0.4, -0.2) is 31.7 Å². The topological polar surface area (TPSA) is 50.8 Å². The molecule has 1 fully saturated rings. The number of fused-ring (bicyclic) bond motifs is 1. The molecule has 0 spiro atoms. The molecule has 142 valence electrons. The van der Waals surface area contributed by atoms with Crippen molar-refractivity contribution in [2.75, 3.05) is 24.6 Å². The molecular weight excluding hydrogens is 340 g/mol. The lowest BCUT2D eigenvalue weighted by Gasteiger charge is -2.20. The number of hydrogen-bond acceptors (Lipinski definition) is 4. The van der Waals surface area contributed by atoms with Crippen molar-refractivity contribution in [1.29, 1.82) is 0 Å². The molecule has 4 rings (SSSR count).